The average molecular weight is 178 g/mol. The molecule has 0 bridgehead atoms. The predicted molar refractivity (Wildman–Crippen MR) is 50.5 cm³/mol. The number of hydrogen-bond donors (Lipinski definition) is 1. The van der Waals surface area contributed by atoms with Crippen molar-refractivity contribution < 1.29 is 9.84 Å². The molecule has 0 aromatic heterocycles. The van der Waals surface area contributed by atoms with Crippen LogP contribution in [0.5, 0.6) is 0 Å². The molecule has 2 rings (SSSR count). The van der Waals surface area contributed by atoms with Crippen LogP contribution in [0.4, 0.5) is 0 Å². The minimum absolute atomic E-state index is 0.0345. The second kappa shape index (κ2) is 3.13. The molecule has 0 aliphatic carbocycles. The maximum atomic E-state index is 10.0. The van der Waals surface area contributed by atoms with E-state index < -0.39 is 5.60 Å². The van der Waals surface area contributed by atoms with Gasteiger partial charge >= 0.3 is 0 Å². The van der Waals surface area contributed by atoms with E-state index in [1.165, 1.54) is 5.56 Å². The lowest BCUT2D eigenvalue weighted by Crippen LogP contribution is -2.58. The van der Waals surface area contributed by atoms with E-state index in [-0.39, 0.29) is 6.10 Å². The summed E-state index contributed by atoms with van der Waals surface area (Å²) in [6.45, 7) is 2.37. The molecule has 2 atom stereocenters. The monoisotopic (exact) mass is 178 g/mol. The molecule has 0 amide bonds. The molecule has 0 saturated carbocycles. The van der Waals surface area contributed by atoms with Gasteiger partial charge in [-0.15, -0.1) is 0 Å². The lowest BCUT2D eigenvalue weighted by molar-refractivity contribution is -0.228. The van der Waals surface area contributed by atoms with E-state index >= 15 is 0 Å². The Labute approximate surface area is 78.2 Å². The van der Waals surface area contributed by atoms with Crippen LogP contribution in [0.3, 0.4) is 0 Å². The van der Waals surface area contributed by atoms with E-state index in [1.54, 1.807) is 0 Å². The number of aliphatic hydroxyl groups is 1. The maximum absolute atomic E-state index is 10.0. The average Bonchev–Trinajstić information content (AvgIpc) is 2.17. The summed E-state index contributed by atoms with van der Waals surface area (Å²) < 4.78 is 5.17. The molecule has 0 spiro atoms. The van der Waals surface area contributed by atoms with Gasteiger partial charge in [-0.1, -0.05) is 30.3 Å². The van der Waals surface area contributed by atoms with Gasteiger partial charge in [0, 0.05) is 6.42 Å². The number of ether oxygens (including phenoxy) is 1. The molecule has 70 valence electrons. The van der Waals surface area contributed by atoms with Gasteiger partial charge in [0.15, 0.2) is 0 Å². The molecule has 2 unspecified atom stereocenters. The van der Waals surface area contributed by atoms with E-state index in [2.05, 4.69) is 0 Å². The molecule has 1 fully saturated rings. The predicted octanol–water partition coefficient (Wildman–Crippen LogP) is 1.38. The lowest BCUT2D eigenvalue weighted by Gasteiger charge is -2.43. The van der Waals surface area contributed by atoms with Crippen LogP contribution in [0.15, 0.2) is 30.3 Å². The third kappa shape index (κ3) is 1.60. The van der Waals surface area contributed by atoms with Gasteiger partial charge < -0.3 is 9.84 Å². The van der Waals surface area contributed by atoms with Crippen LogP contribution in [0.2, 0.25) is 0 Å². The fraction of sp³-hybridized carbons (Fsp3) is 0.455. The van der Waals surface area contributed by atoms with Crippen LogP contribution in [0.1, 0.15) is 12.5 Å². The Hall–Kier alpha value is -0.860. The molecule has 1 aromatic carbocycles. The van der Waals surface area contributed by atoms with E-state index in [0.717, 1.165) is 0 Å². The van der Waals surface area contributed by atoms with Crippen LogP contribution < -0.4 is 0 Å². The normalized spacial score (nSPS) is 32.6. The van der Waals surface area contributed by atoms with Crippen molar-refractivity contribution in [3.8, 4) is 0 Å². The zero-order valence-corrected chi connectivity index (χ0v) is 7.73. The van der Waals surface area contributed by atoms with E-state index in [1.807, 2.05) is 37.3 Å². The molecule has 1 aromatic rings. The molecule has 1 heterocycles. The fourth-order valence-corrected chi connectivity index (χ4v) is 1.59. The summed E-state index contributed by atoms with van der Waals surface area (Å²) in [5.41, 5.74) is 0.529. The van der Waals surface area contributed by atoms with Crippen molar-refractivity contribution in [3.05, 3.63) is 35.9 Å². The summed E-state index contributed by atoms with van der Waals surface area (Å²) in [5.74, 6) is 0. The molecular formula is C11H14O2. The van der Waals surface area contributed by atoms with Gasteiger partial charge in [-0.2, -0.15) is 0 Å². The summed E-state index contributed by atoms with van der Waals surface area (Å²) in [6, 6.07) is 10.0. The minimum atomic E-state index is -0.638. The van der Waals surface area contributed by atoms with Crippen LogP contribution in [0.25, 0.3) is 0 Å². The van der Waals surface area contributed by atoms with Crippen LogP contribution in [0, 0.1) is 0 Å². The first-order chi connectivity index (χ1) is 6.21. The molecule has 1 aliphatic rings. The quantitative estimate of drug-likeness (QED) is 0.741. The molecule has 1 aliphatic heterocycles. The molecule has 1 N–H and O–H groups in total. The van der Waals surface area contributed by atoms with Gasteiger partial charge in [-0.05, 0) is 12.5 Å². The Morgan fingerprint density at radius 1 is 1.46 bits per heavy atom. The number of benzene rings is 1. The Morgan fingerprint density at radius 2 is 2.15 bits per heavy atom. The highest BCUT2D eigenvalue weighted by molar-refractivity contribution is 5.18. The summed E-state index contributed by atoms with van der Waals surface area (Å²) in [7, 11) is 0. The van der Waals surface area contributed by atoms with Gasteiger partial charge in [0.05, 0.1) is 12.7 Å². The van der Waals surface area contributed by atoms with E-state index in [4.69, 9.17) is 4.74 Å². The van der Waals surface area contributed by atoms with Crippen LogP contribution in [-0.4, -0.2) is 23.4 Å². The fourth-order valence-electron chi connectivity index (χ4n) is 1.59. The lowest BCUT2D eigenvalue weighted by atomic mass is 9.86. The van der Waals surface area contributed by atoms with E-state index in [0.29, 0.717) is 13.0 Å². The van der Waals surface area contributed by atoms with Gasteiger partial charge in [0.25, 0.3) is 0 Å². The number of hydrogen-bond acceptors (Lipinski definition) is 2. The highest BCUT2D eigenvalue weighted by atomic mass is 16.6. The van der Waals surface area contributed by atoms with Gasteiger partial charge in [0.2, 0.25) is 0 Å². The van der Waals surface area contributed by atoms with Crippen LogP contribution in [-0.2, 0) is 11.2 Å². The molecule has 2 heteroatoms. The molecule has 2 nitrogen and oxygen atoms in total. The Balaban J connectivity index is 2.06. The molecule has 0 radical (unpaired) electrons. The second-order valence-corrected chi connectivity index (χ2v) is 3.72. The summed E-state index contributed by atoms with van der Waals surface area (Å²) in [6.07, 6.45) is 0.655. The first-order valence-corrected chi connectivity index (χ1v) is 4.59. The molecule has 13 heavy (non-hydrogen) atoms. The Morgan fingerprint density at radius 3 is 2.62 bits per heavy atom. The molecule has 1 saturated heterocycles. The Kier molecular flexibility index (Phi) is 2.10. The zero-order chi connectivity index (χ0) is 9.31. The highest BCUT2D eigenvalue weighted by Gasteiger charge is 2.43. The topological polar surface area (TPSA) is 29.5 Å². The zero-order valence-electron chi connectivity index (χ0n) is 7.73. The second-order valence-electron chi connectivity index (χ2n) is 3.72. The first-order valence-electron chi connectivity index (χ1n) is 4.59. The van der Waals surface area contributed by atoms with Crippen LogP contribution >= 0.6 is 0 Å². The van der Waals surface area contributed by atoms with Crippen molar-refractivity contribution in [2.24, 2.45) is 0 Å². The summed E-state index contributed by atoms with van der Waals surface area (Å²) in [5, 5.41) is 10.0. The third-order valence-electron chi connectivity index (χ3n) is 2.69. The minimum Gasteiger partial charge on any atom is -0.384 e. The van der Waals surface area contributed by atoms with Gasteiger partial charge in [-0.25, -0.2) is 0 Å². The van der Waals surface area contributed by atoms with Crippen molar-refractivity contribution in [2.45, 2.75) is 25.0 Å². The van der Waals surface area contributed by atoms with Crippen molar-refractivity contribution in [1.82, 2.24) is 0 Å². The maximum Gasteiger partial charge on any atom is 0.118 e. The largest absolute Gasteiger partial charge is 0.384 e. The van der Waals surface area contributed by atoms with Crippen molar-refractivity contribution >= 4 is 0 Å². The molecular weight excluding hydrogens is 164 g/mol. The SMILES string of the molecule is CC1OCC1(O)Cc1ccccc1. The Bertz CT molecular complexity index is 283. The number of rotatable bonds is 2. The van der Waals surface area contributed by atoms with Gasteiger partial charge in [-0.3, -0.25) is 0 Å². The first kappa shape index (κ1) is 8.73. The van der Waals surface area contributed by atoms with Gasteiger partial charge in [0.1, 0.15) is 5.60 Å². The smallest absolute Gasteiger partial charge is 0.118 e. The van der Waals surface area contributed by atoms with Crippen molar-refractivity contribution in [3.63, 3.8) is 0 Å². The van der Waals surface area contributed by atoms with E-state index in [9.17, 15) is 5.11 Å². The van der Waals surface area contributed by atoms with Crippen molar-refractivity contribution in [2.75, 3.05) is 6.61 Å². The van der Waals surface area contributed by atoms with Crippen molar-refractivity contribution in [1.29, 1.82) is 0 Å². The highest BCUT2D eigenvalue weighted by Crippen LogP contribution is 2.28. The standard InChI is InChI=1S/C11H14O2/c1-9-11(12,8-13-9)7-10-5-3-2-4-6-10/h2-6,9,12H,7-8H2,1H3. The third-order valence-corrected chi connectivity index (χ3v) is 2.69. The summed E-state index contributed by atoms with van der Waals surface area (Å²) in [4.78, 5) is 0. The summed E-state index contributed by atoms with van der Waals surface area (Å²) >= 11 is 0.